The van der Waals surface area contributed by atoms with Gasteiger partial charge in [-0.3, -0.25) is 14.7 Å². The summed E-state index contributed by atoms with van der Waals surface area (Å²) >= 11 is 0. The van der Waals surface area contributed by atoms with Crippen LogP contribution in [0, 0.1) is 6.92 Å². The number of aromatic nitrogens is 2. The van der Waals surface area contributed by atoms with Crippen molar-refractivity contribution in [1.82, 2.24) is 20.4 Å². The quantitative estimate of drug-likeness (QED) is 0.681. The van der Waals surface area contributed by atoms with E-state index in [0.717, 1.165) is 6.42 Å². The zero-order valence-electron chi connectivity index (χ0n) is 10.9. The number of hydrogen-bond acceptors (Lipinski definition) is 4. The summed E-state index contributed by atoms with van der Waals surface area (Å²) in [6, 6.07) is 0. The van der Waals surface area contributed by atoms with Crippen LogP contribution in [-0.2, 0) is 4.79 Å². The van der Waals surface area contributed by atoms with Gasteiger partial charge in [-0.05, 0) is 13.3 Å². The molecule has 0 aliphatic rings. The lowest BCUT2D eigenvalue weighted by molar-refractivity contribution is -0.121. The fraction of sp³-hybridized carbons (Fsp3) is 0.545. The molecule has 0 bridgehead atoms. The van der Waals surface area contributed by atoms with Gasteiger partial charge in [0.15, 0.2) is 5.82 Å². The minimum Gasteiger partial charge on any atom is -0.382 e. The van der Waals surface area contributed by atoms with Gasteiger partial charge in [0.2, 0.25) is 5.91 Å². The molecule has 0 fully saturated rings. The molecule has 0 radical (unpaired) electrons. The molecule has 0 spiro atoms. The fourth-order valence-electron chi connectivity index (χ4n) is 1.52. The summed E-state index contributed by atoms with van der Waals surface area (Å²) in [6.07, 6.45) is 0.858. The summed E-state index contributed by atoms with van der Waals surface area (Å²) in [4.78, 5) is 24.9. The van der Waals surface area contributed by atoms with Crippen LogP contribution in [0.5, 0.6) is 0 Å². The maximum atomic E-state index is 12.1. The van der Waals surface area contributed by atoms with E-state index in [1.165, 1.54) is 4.90 Å². The summed E-state index contributed by atoms with van der Waals surface area (Å²) in [7, 11) is 1.56. The number of likely N-dealkylation sites (N-methyl/N-ethyl adjacent to an activating group) is 1. The third kappa shape index (κ3) is 3.22. The molecule has 100 valence electrons. The van der Waals surface area contributed by atoms with Crippen molar-refractivity contribution in [2.45, 2.75) is 20.3 Å². The zero-order valence-corrected chi connectivity index (χ0v) is 10.9. The van der Waals surface area contributed by atoms with Crippen LogP contribution in [0.15, 0.2) is 0 Å². The topological polar surface area (TPSA) is 104 Å². The molecule has 4 N–H and O–H groups in total. The Hall–Kier alpha value is -2.05. The van der Waals surface area contributed by atoms with Crippen molar-refractivity contribution in [2.24, 2.45) is 0 Å². The number of nitrogen functional groups attached to an aromatic ring is 1. The second-order valence-electron chi connectivity index (χ2n) is 4.12. The van der Waals surface area contributed by atoms with E-state index in [4.69, 9.17) is 5.73 Å². The highest BCUT2D eigenvalue weighted by molar-refractivity contribution is 6.00. The number of nitrogens with two attached hydrogens (primary N) is 1. The number of aromatic amines is 1. The monoisotopic (exact) mass is 253 g/mol. The first-order valence-electron chi connectivity index (χ1n) is 5.80. The molecule has 0 saturated heterocycles. The number of anilines is 1. The van der Waals surface area contributed by atoms with Crippen LogP contribution in [-0.4, -0.2) is 47.0 Å². The fourth-order valence-corrected chi connectivity index (χ4v) is 1.52. The summed E-state index contributed by atoms with van der Waals surface area (Å²) in [6.45, 7) is 4.28. The molecule has 1 aromatic heterocycles. The molecule has 2 amide bonds. The van der Waals surface area contributed by atoms with Crippen molar-refractivity contribution in [3.8, 4) is 0 Å². The molecule has 1 heterocycles. The summed E-state index contributed by atoms with van der Waals surface area (Å²) in [5, 5.41) is 9.10. The maximum Gasteiger partial charge on any atom is 0.259 e. The van der Waals surface area contributed by atoms with Crippen LogP contribution in [0.3, 0.4) is 0 Å². The zero-order chi connectivity index (χ0) is 13.7. The van der Waals surface area contributed by atoms with Gasteiger partial charge in [-0.25, -0.2) is 0 Å². The van der Waals surface area contributed by atoms with Crippen molar-refractivity contribution in [3.05, 3.63) is 11.3 Å². The van der Waals surface area contributed by atoms with Crippen LogP contribution in [0.2, 0.25) is 0 Å². The SMILES string of the molecule is CCCNC(=O)CN(C)C(=O)c1c(N)n[nH]c1C. The molecule has 1 aromatic rings. The number of H-pyrrole nitrogens is 1. The molecule has 1 rings (SSSR count). The van der Waals surface area contributed by atoms with Gasteiger partial charge in [-0.2, -0.15) is 5.10 Å². The van der Waals surface area contributed by atoms with E-state index in [0.29, 0.717) is 17.8 Å². The second kappa shape index (κ2) is 6.04. The first-order chi connectivity index (χ1) is 8.47. The lowest BCUT2D eigenvalue weighted by atomic mass is 10.2. The number of carbonyl (C=O) groups is 2. The predicted octanol–water partition coefficient (Wildman–Crippen LogP) is -0.101. The second-order valence-corrected chi connectivity index (χ2v) is 4.12. The molecule has 7 heteroatoms. The average Bonchev–Trinajstić information content (AvgIpc) is 2.65. The van der Waals surface area contributed by atoms with E-state index in [1.807, 2.05) is 6.92 Å². The number of nitrogens with zero attached hydrogens (tertiary/aromatic N) is 2. The van der Waals surface area contributed by atoms with Crippen molar-refractivity contribution in [1.29, 1.82) is 0 Å². The summed E-state index contributed by atoms with van der Waals surface area (Å²) < 4.78 is 0. The highest BCUT2D eigenvalue weighted by Gasteiger charge is 2.21. The molecule has 18 heavy (non-hydrogen) atoms. The van der Waals surface area contributed by atoms with E-state index in [1.54, 1.807) is 14.0 Å². The lowest BCUT2D eigenvalue weighted by Crippen LogP contribution is -2.38. The van der Waals surface area contributed by atoms with Crippen molar-refractivity contribution < 1.29 is 9.59 Å². The summed E-state index contributed by atoms with van der Waals surface area (Å²) in [5.41, 5.74) is 6.52. The van der Waals surface area contributed by atoms with Gasteiger partial charge in [0.05, 0.1) is 6.54 Å². The lowest BCUT2D eigenvalue weighted by Gasteiger charge is -2.16. The highest BCUT2D eigenvalue weighted by atomic mass is 16.2. The van der Waals surface area contributed by atoms with E-state index < -0.39 is 0 Å². The van der Waals surface area contributed by atoms with Gasteiger partial charge in [0, 0.05) is 19.3 Å². The molecule has 0 aromatic carbocycles. The van der Waals surface area contributed by atoms with Gasteiger partial charge >= 0.3 is 0 Å². The van der Waals surface area contributed by atoms with Crippen molar-refractivity contribution in [2.75, 3.05) is 25.9 Å². The average molecular weight is 253 g/mol. The third-order valence-corrected chi connectivity index (χ3v) is 2.49. The Bertz CT molecular complexity index is 421. The van der Waals surface area contributed by atoms with Crippen LogP contribution >= 0.6 is 0 Å². The van der Waals surface area contributed by atoms with Gasteiger partial charge in [0.1, 0.15) is 5.56 Å². The molecule has 0 aliphatic carbocycles. The minimum atomic E-state index is -0.314. The Morgan fingerprint density at radius 3 is 2.67 bits per heavy atom. The number of nitrogens with one attached hydrogen (secondary N) is 2. The third-order valence-electron chi connectivity index (χ3n) is 2.49. The number of carbonyl (C=O) groups excluding carboxylic acids is 2. The minimum absolute atomic E-state index is 0.00287. The normalized spacial score (nSPS) is 10.2. The van der Waals surface area contributed by atoms with Crippen LogP contribution in [0.4, 0.5) is 5.82 Å². The molecular formula is C11H19N5O2. The molecule has 7 nitrogen and oxygen atoms in total. The van der Waals surface area contributed by atoms with E-state index in [9.17, 15) is 9.59 Å². The molecule has 0 unspecified atom stereocenters. The Morgan fingerprint density at radius 1 is 1.50 bits per heavy atom. The van der Waals surface area contributed by atoms with Crippen LogP contribution < -0.4 is 11.1 Å². The Balaban J connectivity index is 2.65. The smallest absolute Gasteiger partial charge is 0.259 e. The number of rotatable bonds is 5. The van der Waals surface area contributed by atoms with Gasteiger partial charge < -0.3 is 16.0 Å². The van der Waals surface area contributed by atoms with E-state index in [2.05, 4.69) is 15.5 Å². The first kappa shape index (κ1) is 14.0. The standard InChI is InChI=1S/C11H19N5O2/c1-4-5-13-8(17)6-16(3)11(18)9-7(2)14-15-10(9)12/h4-6H2,1-3H3,(H,13,17)(H3,12,14,15). The van der Waals surface area contributed by atoms with Gasteiger partial charge in [-0.15, -0.1) is 0 Å². The highest BCUT2D eigenvalue weighted by Crippen LogP contribution is 2.14. The predicted molar refractivity (Wildman–Crippen MR) is 68.0 cm³/mol. The molecule has 0 atom stereocenters. The van der Waals surface area contributed by atoms with Crippen molar-refractivity contribution in [3.63, 3.8) is 0 Å². The number of hydrogen-bond donors (Lipinski definition) is 3. The largest absolute Gasteiger partial charge is 0.382 e. The number of aryl methyl sites for hydroxylation is 1. The Kier molecular flexibility index (Phi) is 4.70. The maximum absolute atomic E-state index is 12.1. The first-order valence-corrected chi connectivity index (χ1v) is 5.80. The van der Waals surface area contributed by atoms with Gasteiger partial charge in [-0.1, -0.05) is 6.92 Å². The number of amides is 2. The Morgan fingerprint density at radius 2 is 2.17 bits per heavy atom. The van der Waals surface area contributed by atoms with E-state index in [-0.39, 0.29) is 24.2 Å². The molecule has 0 saturated carbocycles. The van der Waals surface area contributed by atoms with Crippen LogP contribution in [0.1, 0.15) is 29.4 Å². The van der Waals surface area contributed by atoms with E-state index >= 15 is 0 Å². The molecular weight excluding hydrogens is 234 g/mol. The molecule has 0 aliphatic heterocycles. The van der Waals surface area contributed by atoms with Crippen molar-refractivity contribution >= 4 is 17.6 Å². The summed E-state index contributed by atoms with van der Waals surface area (Å²) in [5.74, 6) is -0.351. The van der Waals surface area contributed by atoms with Gasteiger partial charge in [0.25, 0.3) is 5.91 Å². The Labute approximate surface area is 106 Å². The van der Waals surface area contributed by atoms with Crippen LogP contribution in [0.25, 0.3) is 0 Å².